The first-order valence-electron chi connectivity index (χ1n) is 28.9. The monoisotopic (exact) mass is 1270 g/mol. The van der Waals surface area contributed by atoms with E-state index in [1.807, 2.05) is 0 Å². The summed E-state index contributed by atoms with van der Waals surface area (Å²) in [4.78, 5) is 173. The lowest BCUT2D eigenvalue weighted by Gasteiger charge is -2.27. The molecule has 4 rings (SSSR count). The molecule has 32 heteroatoms. The molecule has 0 unspecified atom stereocenters. The number of rotatable bonds is 38. The first-order valence-corrected chi connectivity index (χ1v) is 30.3. The van der Waals surface area contributed by atoms with Crippen LogP contribution in [0.15, 0.2) is 79.6 Å². The third-order valence-corrected chi connectivity index (χ3v) is 14.7. The maximum atomic E-state index is 13.8. The summed E-state index contributed by atoms with van der Waals surface area (Å²) in [6, 6.07) is 3.09. The van der Waals surface area contributed by atoms with Gasteiger partial charge in [-0.3, -0.25) is 52.7 Å². The number of aromatic nitrogens is 4. The van der Waals surface area contributed by atoms with Gasteiger partial charge in [-0.1, -0.05) is 76.6 Å². The number of phenolic OH excluding ortho intramolecular Hbond substituents is 1. The van der Waals surface area contributed by atoms with Gasteiger partial charge in [0.1, 0.15) is 54.1 Å². The van der Waals surface area contributed by atoms with Crippen LogP contribution in [-0.4, -0.2) is 199 Å². The van der Waals surface area contributed by atoms with E-state index in [2.05, 4.69) is 78.4 Å². The Hall–Kier alpha value is -9.43. The van der Waals surface area contributed by atoms with E-state index >= 15 is 0 Å². The molecule has 0 radical (unpaired) electrons. The van der Waals surface area contributed by atoms with E-state index in [-0.39, 0.29) is 37.9 Å². The number of carbonyl (C=O) groups is 12. The van der Waals surface area contributed by atoms with E-state index in [1.165, 1.54) is 55.9 Å². The Labute approximate surface area is 523 Å². The third-order valence-electron chi connectivity index (χ3n) is 14.0. The highest BCUT2D eigenvalue weighted by molar-refractivity contribution is 7.98. The van der Waals surface area contributed by atoms with Gasteiger partial charge in [-0.25, -0.2) is 14.8 Å². The predicted molar refractivity (Wildman–Crippen MR) is 327 cm³/mol. The molecule has 18 N–H and O–H groups in total. The van der Waals surface area contributed by atoms with Crippen LogP contribution >= 0.6 is 11.8 Å². The van der Waals surface area contributed by atoms with Crippen molar-refractivity contribution in [1.82, 2.24) is 78.4 Å². The van der Waals surface area contributed by atoms with Crippen LogP contribution in [0.4, 0.5) is 0 Å². The molecule has 2 heterocycles. The van der Waals surface area contributed by atoms with Gasteiger partial charge >= 0.3 is 5.97 Å². The lowest BCUT2D eigenvalue weighted by Crippen LogP contribution is -2.59. The number of nitrogens with zero attached hydrogens (tertiary/aromatic N) is 2. The Kier molecular flexibility index (Phi) is 30.4. The Morgan fingerprint density at radius 2 is 1.01 bits per heavy atom. The van der Waals surface area contributed by atoms with Crippen molar-refractivity contribution in [2.24, 2.45) is 17.6 Å². The van der Waals surface area contributed by atoms with Gasteiger partial charge in [0.15, 0.2) is 0 Å². The number of carboxylic acids is 1. The van der Waals surface area contributed by atoms with Crippen molar-refractivity contribution in [2.45, 2.75) is 128 Å². The molecule has 0 aliphatic rings. The number of imidazole rings is 2. The summed E-state index contributed by atoms with van der Waals surface area (Å²) >= 11 is 1.35. The quantitative estimate of drug-likeness (QED) is 0.0205. The van der Waals surface area contributed by atoms with Gasteiger partial charge < -0.3 is 89.5 Å². The zero-order valence-corrected chi connectivity index (χ0v) is 51.6. The molecule has 4 aromatic rings. The minimum absolute atomic E-state index is 0.0158. The van der Waals surface area contributed by atoms with Crippen LogP contribution < -0.4 is 64.2 Å². The molecule has 0 saturated carbocycles. The van der Waals surface area contributed by atoms with Crippen molar-refractivity contribution in [3.63, 3.8) is 0 Å². The van der Waals surface area contributed by atoms with Crippen LogP contribution in [0.25, 0.3) is 0 Å². The SMILES string of the molecule is CC[C@H](C)[C@H](NC(=O)[C@H](Cc1ccccc1)NC(=O)[C@@H](NC(=O)CNC(=O)[C@H](Cc1cnc[nH]1)NC(=O)CNC(=O)[C@H](Cc1cnc[nH]1)NC(=O)CNC(=O)[C@H](CO)NC(=O)[C@H](CCSC)NC(=O)[C@H](C)NC(=O)[C@@H](N)Cc1ccc(O)cc1)C(C)C)C(=O)O. The molecular formula is C58H82N16O15S. The van der Waals surface area contributed by atoms with Crippen LogP contribution in [0, 0.1) is 11.8 Å². The standard InChI is InChI=1S/C58H82N16O15S/c1-7-32(4)49(58(88)89)74-56(86)41(20-34-11-9-8-10-12-34)71-57(87)48(31(2)3)73-47(79)27-63-53(83)43(22-37-24-61-30-66-37)68-45(77)25-62-52(82)42(21-36-23-60-29-65-36)69-46(78)26-64-54(84)44(28-75)72-55(85)40(17-18-90-6)70-50(80)33(5)67-51(81)39(59)19-35-13-15-38(76)16-14-35/h8-16,23-24,29-33,39-44,48-49,75-76H,7,17-22,25-28,59H2,1-6H3,(H,60,65)(H,61,66)(H,62,82)(H,63,83)(H,64,84)(H,67,81)(H,68,77)(H,69,78)(H,70,80)(H,71,87)(H,72,85)(H,73,79)(H,74,86)(H,88,89)/t32-,33-,39-,40-,41-,42-,43-,44-,48-,49-/m0/s1. The second-order valence-electron chi connectivity index (χ2n) is 21.5. The van der Waals surface area contributed by atoms with Crippen LogP contribution in [0.2, 0.25) is 0 Å². The number of aromatic amines is 2. The number of nitrogens with two attached hydrogens (primary N) is 1. The molecule has 0 aliphatic heterocycles. The molecule has 2 aromatic carbocycles. The smallest absolute Gasteiger partial charge is 0.326 e. The highest BCUT2D eigenvalue weighted by Crippen LogP contribution is 2.14. The largest absolute Gasteiger partial charge is 0.508 e. The number of aliphatic hydroxyl groups excluding tert-OH is 1. The van der Waals surface area contributed by atoms with Gasteiger partial charge in [0.25, 0.3) is 0 Å². The van der Waals surface area contributed by atoms with Crippen molar-refractivity contribution >= 4 is 82.7 Å². The third kappa shape index (κ3) is 25.0. The zero-order valence-electron chi connectivity index (χ0n) is 50.8. The number of carbonyl (C=O) groups excluding carboxylic acids is 11. The molecule has 0 fully saturated rings. The van der Waals surface area contributed by atoms with E-state index in [1.54, 1.807) is 76.4 Å². The number of aliphatic hydroxyl groups is 1. The van der Waals surface area contributed by atoms with E-state index in [0.717, 1.165) is 0 Å². The van der Waals surface area contributed by atoms with Crippen LogP contribution in [-0.2, 0) is 83.2 Å². The summed E-state index contributed by atoms with van der Waals surface area (Å²) in [5.74, 6) is -11.1. The van der Waals surface area contributed by atoms with Gasteiger partial charge in [-0.05, 0) is 66.9 Å². The van der Waals surface area contributed by atoms with Gasteiger partial charge in [-0.15, -0.1) is 0 Å². The van der Waals surface area contributed by atoms with Crippen LogP contribution in [0.5, 0.6) is 5.75 Å². The summed E-state index contributed by atoms with van der Waals surface area (Å²) in [7, 11) is 0. The number of thioether (sulfide) groups is 1. The fourth-order valence-electron chi connectivity index (χ4n) is 8.66. The summed E-state index contributed by atoms with van der Waals surface area (Å²) in [5.41, 5.74) is 8.11. The molecule has 2 aromatic heterocycles. The van der Waals surface area contributed by atoms with Crippen molar-refractivity contribution in [1.29, 1.82) is 0 Å². The molecule has 0 bridgehead atoms. The number of hydrogen-bond donors (Lipinski definition) is 17. The van der Waals surface area contributed by atoms with Crippen LogP contribution in [0.3, 0.4) is 0 Å². The number of amides is 11. The van der Waals surface area contributed by atoms with Crippen molar-refractivity contribution in [3.8, 4) is 5.75 Å². The van der Waals surface area contributed by atoms with Gasteiger partial charge in [-0.2, -0.15) is 11.8 Å². The highest BCUT2D eigenvalue weighted by Gasteiger charge is 2.34. The molecule has 90 heavy (non-hydrogen) atoms. The normalized spacial score (nSPS) is 14.4. The Balaban J connectivity index is 1.34. The highest BCUT2D eigenvalue weighted by atomic mass is 32.2. The first-order chi connectivity index (χ1) is 42.8. The fraction of sp³-hybridized carbons (Fsp3) is 0.483. The molecule has 490 valence electrons. The average molecular weight is 1280 g/mol. The lowest BCUT2D eigenvalue weighted by atomic mass is 9.97. The summed E-state index contributed by atoms with van der Waals surface area (Å²) in [6.45, 7) is 4.91. The molecule has 0 aliphatic carbocycles. The van der Waals surface area contributed by atoms with Gasteiger partial charge in [0, 0.05) is 43.0 Å². The lowest BCUT2D eigenvalue weighted by molar-refractivity contribution is -0.144. The Morgan fingerprint density at radius 3 is 1.49 bits per heavy atom. The summed E-state index contributed by atoms with van der Waals surface area (Å²) in [6.07, 6.45) is 7.35. The maximum absolute atomic E-state index is 13.8. The first kappa shape index (κ1) is 73.0. The maximum Gasteiger partial charge on any atom is 0.326 e. The predicted octanol–water partition coefficient (Wildman–Crippen LogP) is -3.78. The van der Waals surface area contributed by atoms with E-state index in [9.17, 15) is 72.9 Å². The van der Waals surface area contributed by atoms with Crippen molar-refractivity contribution < 1.29 is 72.9 Å². The fourth-order valence-corrected chi connectivity index (χ4v) is 9.13. The second kappa shape index (κ2) is 37.4. The Bertz CT molecular complexity index is 3030. The molecular weight excluding hydrogens is 1190 g/mol. The number of benzene rings is 2. The summed E-state index contributed by atoms with van der Waals surface area (Å²) < 4.78 is 0. The Morgan fingerprint density at radius 1 is 0.533 bits per heavy atom. The molecule has 10 atom stereocenters. The second-order valence-corrected chi connectivity index (χ2v) is 22.5. The summed E-state index contributed by atoms with van der Waals surface area (Å²) in [5, 5.41) is 56.7. The minimum Gasteiger partial charge on any atom is -0.508 e. The molecule has 0 saturated heterocycles. The number of aromatic hydroxyl groups is 1. The number of carboxylic acid groups (broad SMARTS) is 1. The van der Waals surface area contributed by atoms with Gasteiger partial charge in [0.2, 0.25) is 65.0 Å². The number of nitrogens with one attached hydrogen (secondary N) is 13. The van der Waals surface area contributed by atoms with Crippen molar-refractivity contribution in [3.05, 3.63) is 102 Å². The number of aliphatic carboxylic acids is 1. The number of hydrogen-bond acceptors (Lipinski definition) is 18. The molecule has 31 nitrogen and oxygen atoms in total. The van der Waals surface area contributed by atoms with E-state index in [0.29, 0.717) is 34.7 Å². The molecule has 11 amide bonds. The zero-order chi connectivity index (χ0) is 66.5. The van der Waals surface area contributed by atoms with Gasteiger partial charge in [0.05, 0.1) is 44.9 Å². The minimum atomic E-state index is -1.63. The van der Waals surface area contributed by atoms with Crippen LogP contribution in [0.1, 0.15) is 70.0 Å². The molecule has 0 spiro atoms. The number of H-pyrrole nitrogens is 2. The number of phenols is 1. The van der Waals surface area contributed by atoms with E-state index in [4.69, 9.17) is 5.73 Å². The van der Waals surface area contributed by atoms with Crippen molar-refractivity contribution in [2.75, 3.05) is 38.2 Å². The average Bonchev–Trinajstić information content (AvgIpc) is 1.80. The van der Waals surface area contributed by atoms with E-state index < -0.39 is 163 Å². The topological polar surface area (TPSA) is 481 Å².